The van der Waals surface area contributed by atoms with Gasteiger partial charge in [-0.25, -0.2) is 0 Å². The van der Waals surface area contributed by atoms with Gasteiger partial charge < -0.3 is 44.7 Å². The van der Waals surface area contributed by atoms with Crippen LogP contribution in [0.1, 0.15) is 85.4 Å². The number of fused-ring (bicyclic) bond motifs is 8. The summed E-state index contributed by atoms with van der Waals surface area (Å²) in [6, 6.07) is 17.1. The molecule has 4 heterocycles. The molecule has 10 heteroatoms. The molecule has 8 rings (SSSR count). The van der Waals surface area contributed by atoms with Crippen LogP contribution in [-0.4, -0.2) is 70.9 Å². The van der Waals surface area contributed by atoms with Gasteiger partial charge in [0.25, 0.3) is 0 Å². The number of nitrogens with zero attached hydrogens (tertiary/aromatic N) is 2. The first kappa shape index (κ1) is 34.9. The number of benzene rings is 3. The van der Waals surface area contributed by atoms with Crippen molar-refractivity contribution in [3.05, 3.63) is 82.5 Å². The molecule has 5 N–H and O–H groups in total. The molecule has 4 aliphatic rings. The number of anilines is 1. The molecular weight excluding hydrogens is 670 g/mol. The Labute approximate surface area is 310 Å². The second-order valence-corrected chi connectivity index (χ2v) is 14.7. The first-order valence-electron chi connectivity index (χ1n) is 18.8. The smallest absolute Gasteiger partial charge is 0.335 e. The lowest BCUT2D eigenvalue weighted by Gasteiger charge is -2.40. The number of hydrogen-bond donors (Lipinski definition) is 4. The van der Waals surface area contributed by atoms with E-state index in [9.17, 15) is 20.1 Å². The molecular formula is C43H47N3O7. The van der Waals surface area contributed by atoms with Crippen LogP contribution in [0.4, 0.5) is 5.82 Å². The summed E-state index contributed by atoms with van der Waals surface area (Å²) in [5.41, 5.74) is 4.89. The molecule has 1 saturated heterocycles. The molecule has 4 bridgehead atoms. The predicted octanol–water partition coefficient (Wildman–Crippen LogP) is 5.91. The summed E-state index contributed by atoms with van der Waals surface area (Å²) >= 11 is 0. The van der Waals surface area contributed by atoms with E-state index in [1.807, 2.05) is 6.07 Å². The van der Waals surface area contributed by atoms with Crippen LogP contribution in [0.5, 0.6) is 28.7 Å². The number of phenolic OH excluding ortho intramolecular Hbond substituents is 2. The Kier molecular flexibility index (Phi) is 9.48. The summed E-state index contributed by atoms with van der Waals surface area (Å²) in [7, 11) is 1.47. The van der Waals surface area contributed by atoms with Crippen LogP contribution in [0.15, 0.2) is 54.6 Å². The molecule has 2 fully saturated rings. The Morgan fingerprint density at radius 3 is 2.64 bits per heavy atom. The van der Waals surface area contributed by atoms with Crippen molar-refractivity contribution >= 4 is 11.6 Å². The number of phenols is 2. The van der Waals surface area contributed by atoms with E-state index < -0.39 is 17.6 Å². The summed E-state index contributed by atoms with van der Waals surface area (Å²) in [6.07, 6.45) is 4.55. The maximum atomic E-state index is 12.3. The molecule has 4 aromatic rings. The highest BCUT2D eigenvalue weighted by atomic mass is 16.5. The number of aromatic nitrogens is 1. The normalized spacial score (nSPS) is 21.6. The lowest BCUT2D eigenvalue weighted by molar-refractivity contribution is 0.0253. The van der Waals surface area contributed by atoms with Gasteiger partial charge in [-0.3, -0.25) is 4.79 Å². The fourth-order valence-electron chi connectivity index (χ4n) is 8.35. The fourth-order valence-corrected chi connectivity index (χ4v) is 8.35. The van der Waals surface area contributed by atoms with Crippen LogP contribution in [0.25, 0.3) is 11.1 Å². The maximum Gasteiger partial charge on any atom is 0.335 e. The highest BCUT2D eigenvalue weighted by molar-refractivity contribution is 6.05. The van der Waals surface area contributed by atoms with Crippen molar-refractivity contribution in [3.63, 3.8) is 0 Å². The van der Waals surface area contributed by atoms with Gasteiger partial charge in [0.2, 0.25) is 5.75 Å². The van der Waals surface area contributed by atoms with Crippen LogP contribution in [0.3, 0.4) is 0 Å². The number of aliphatic hydroxyl groups is 1. The zero-order chi connectivity index (χ0) is 36.7. The van der Waals surface area contributed by atoms with Gasteiger partial charge in [0.05, 0.1) is 36.8 Å². The molecule has 1 saturated carbocycles. The highest BCUT2D eigenvalue weighted by Gasteiger charge is 2.43. The Hall–Kier alpha value is -5.11. The predicted molar refractivity (Wildman–Crippen MR) is 203 cm³/mol. The first-order valence-corrected chi connectivity index (χ1v) is 18.8. The zero-order valence-electron chi connectivity index (χ0n) is 30.3. The summed E-state index contributed by atoms with van der Waals surface area (Å²) < 4.78 is 19.0. The minimum absolute atomic E-state index is 0.0223. The van der Waals surface area contributed by atoms with Gasteiger partial charge in [0, 0.05) is 6.42 Å². The summed E-state index contributed by atoms with van der Waals surface area (Å²) in [6.45, 7) is 4.48. The molecule has 53 heavy (non-hydrogen) atoms. The summed E-state index contributed by atoms with van der Waals surface area (Å²) in [5, 5.41) is 36.9. The molecule has 0 spiro atoms. The average molecular weight is 718 g/mol. The van der Waals surface area contributed by atoms with Gasteiger partial charge in [0.1, 0.15) is 24.0 Å². The van der Waals surface area contributed by atoms with Gasteiger partial charge in [-0.05, 0) is 79.7 Å². The molecule has 0 amide bonds. The number of ketones is 1. The van der Waals surface area contributed by atoms with E-state index in [0.717, 1.165) is 66.1 Å². The monoisotopic (exact) mass is 717 g/mol. The van der Waals surface area contributed by atoms with E-state index in [1.54, 1.807) is 24.3 Å². The average Bonchev–Trinajstić information content (AvgIpc) is 3.80. The molecule has 3 aliphatic heterocycles. The molecule has 3 atom stereocenters. The fraction of sp³-hybridized carbons (Fsp3) is 0.419. The number of ether oxygens (including phenoxy) is 3. The Balaban J connectivity index is 1.27. The van der Waals surface area contributed by atoms with Gasteiger partial charge in [0.15, 0.2) is 17.1 Å². The van der Waals surface area contributed by atoms with E-state index in [4.69, 9.17) is 19.2 Å². The second-order valence-electron chi connectivity index (χ2n) is 14.7. The zero-order valence-corrected chi connectivity index (χ0v) is 30.3. The van der Waals surface area contributed by atoms with Crippen molar-refractivity contribution < 1.29 is 34.3 Å². The SMILES string of the molecule is CCc1cc2c([n-]1)N1CCNC(C#CC(c3c(O)c(OC)c(OCCC4(O)CCCC4)c4c3OC(c3ccc(O)cc3)CC4=[OH+])Cc3cccc-2c3)C1. The molecule has 276 valence electrons. The lowest BCUT2D eigenvalue weighted by atomic mass is 9.85. The van der Waals surface area contributed by atoms with E-state index in [-0.39, 0.29) is 53.6 Å². The third kappa shape index (κ3) is 6.80. The van der Waals surface area contributed by atoms with Crippen LogP contribution in [0, 0.1) is 11.8 Å². The Morgan fingerprint density at radius 1 is 1.06 bits per heavy atom. The van der Waals surface area contributed by atoms with Crippen molar-refractivity contribution in [2.24, 2.45) is 0 Å². The van der Waals surface area contributed by atoms with E-state index in [1.165, 1.54) is 7.11 Å². The molecule has 10 nitrogen and oxygen atoms in total. The number of hydrogen-bond acceptors (Lipinski definition) is 8. The van der Waals surface area contributed by atoms with Crippen molar-refractivity contribution in [2.45, 2.75) is 82.0 Å². The Bertz CT molecular complexity index is 2070. The quantitative estimate of drug-likeness (QED) is 0.130. The number of nitrogens with one attached hydrogen (secondary N) is 1. The minimum atomic E-state index is -0.806. The summed E-state index contributed by atoms with van der Waals surface area (Å²) in [5.74, 6) is 7.93. The molecule has 1 aliphatic carbocycles. The standard InChI is InChI=1S/C43H46N3O7/c1-3-30-23-33-28-8-6-7-26(21-28)22-29(9-12-31-25-46(19-18-44-31)42(33)45-30)36-38(49)41(51-2)40(52-20-17-43(50)15-4-5-16-43)37-34(48)24-35(53-39(36)37)27-10-13-32(47)14-11-27/h6-8,10-11,13-14,21,23,29,31,35,44,47,50H,3-5,15-20,22,24-25H2,1-2H3,(H,48,49)/q-1/p+1. The largest absolute Gasteiger partial charge is 0.508 e. The Morgan fingerprint density at radius 2 is 1.87 bits per heavy atom. The third-order valence-corrected chi connectivity index (χ3v) is 11.2. The van der Waals surface area contributed by atoms with Gasteiger partial charge in [-0.2, -0.15) is 0 Å². The van der Waals surface area contributed by atoms with Crippen molar-refractivity contribution in [1.29, 1.82) is 0 Å². The molecule has 3 aromatic carbocycles. The molecule has 3 unspecified atom stereocenters. The van der Waals surface area contributed by atoms with E-state index in [0.29, 0.717) is 43.4 Å². The number of aryl methyl sites for hydroxylation is 1. The number of carbonyl (C=O) groups excluding carboxylic acids is 1. The van der Waals surface area contributed by atoms with Crippen LogP contribution in [0.2, 0.25) is 0 Å². The number of piperazine rings is 1. The second kappa shape index (κ2) is 14.4. The minimum Gasteiger partial charge on any atom is -0.508 e. The number of aromatic hydroxyl groups is 2. The number of methoxy groups -OCH3 is 1. The molecule has 1 aromatic heterocycles. The first-order chi connectivity index (χ1) is 25.7. The molecule has 0 radical (unpaired) electrons. The van der Waals surface area contributed by atoms with Crippen molar-refractivity contribution in [1.82, 2.24) is 10.3 Å². The lowest BCUT2D eigenvalue weighted by Crippen LogP contribution is -2.50. The van der Waals surface area contributed by atoms with Crippen LogP contribution in [-0.2, 0) is 12.8 Å². The van der Waals surface area contributed by atoms with Gasteiger partial charge >= 0.3 is 5.78 Å². The summed E-state index contributed by atoms with van der Waals surface area (Å²) in [4.78, 5) is 19.2. The van der Waals surface area contributed by atoms with Gasteiger partial charge in [-0.15, -0.1) is 0 Å². The third-order valence-electron chi connectivity index (χ3n) is 11.2. The van der Waals surface area contributed by atoms with Crippen molar-refractivity contribution in [2.75, 3.05) is 38.3 Å². The van der Waals surface area contributed by atoms with Crippen LogP contribution < -0.4 is 29.4 Å². The maximum absolute atomic E-state index is 12.3. The van der Waals surface area contributed by atoms with Gasteiger partial charge in [-0.1, -0.05) is 85.6 Å². The highest BCUT2D eigenvalue weighted by Crippen LogP contribution is 2.55. The van der Waals surface area contributed by atoms with Crippen LogP contribution >= 0.6 is 0 Å². The van der Waals surface area contributed by atoms with Crippen molar-refractivity contribution in [3.8, 4) is 51.7 Å². The topological polar surface area (TPSA) is 139 Å². The number of rotatable bonds is 8. The van der Waals surface area contributed by atoms with E-state index >= 15 is 0 Å². The van der Waals surface area contributed by atoms with E-state index in [2.05, 4.69) is 53.2 Å².